The van der Waals surface area contributed by atoms with Crippen LogP contribution in [0, 0.1) is 0 Å². The molecule has 1 aliphatic heterocycles. The van der Waals surface area contributed by atoms with Crippen LogP contribution in [-0.2, 0) is 20.0 Å². The maximum atomic E-state index is 13.0. The molecule has 4 heterocycles. The fourth-order valence-corrected chi connectivity index (χ4v) is 3.44. The van der Waals surface area contributed by atoms with Crippen molar-refractivity contribution in [2.45, 2.75) is 13.0 Å². The molecule has 0 spiro atoms. The highest BCUT2D eigenvalue weighted by Crippen LogP contribution is 2.26. The first-order chi connectivity index (χ1) is 13.2. The van der Waals surface area contributed by atoms with Crippen LogP contribution < -0.4 is 0 Å². The molecule has 7 nitrogen and oxygen atoms in total. The van der Waals surface area contributed by atoms with Crippen molar-refractivity contribution in [1.82, 2.24) is 24.4 Å². The summed E-state index contributed by atoms with van der Waals surface area (Å²) in [6, 6.07) is 9.39. The Labute approximate surface area is 155 Å². The van der Waals surface area contributed by atoms with Crippen molar-refractivity contribution in [1.29, 1.82) is 0 Å². The molecule has 0 atom stereocenters. The Hall–Kier alpha value is -3.48. The molecule has 0 N–H and O–H groups in total. The Morgan fingerprint density at radius 2 is 2.19 bits per heavy atom. The molecule has 0 unspecified atom stereocenters. The number of amides is 1. The number of carbonyl (C=O) groups is 1. The number of fused-ring (bicyclic) bond motifs is 2. The van der Waals surface area contributed by atoms with Crippen molar-refractivity contribution in [3.63, 3.8) is 0 Å². The zero-order valence-electron chi connectivity index (χ0n) is 14.8. The van der Waals surface area contributed by atoms with Crippen molar-refractivity contribution < 1.29 is 9.21 Å². The summed E-state index contributed by atoms with van der Waals surface area (Å²) < 4.78 is 7.82. The molecule has 7 heteroatoms. The van der Waals surface area contributed by atoms with E-state index in [2.05, 4.69) is 15.0 Å². The minimum Gasteiger partial charge on any atom is -0.441 e. The third-order valence-corrected chi connectivity index (χ3v) is 4.90. The van der Waals surface area contributed by atoms with Crippen LogP contribution in [0.4, 0.5) is 0 Å². The van der Waals surface area contributed by atoms with E-state index < -0.39 is 0 Å². The summed E-state index contributed by atoms with van der Waals surface area (Å²) in [6.45, 7) is 1.05. The lowest BCUT2D eigenvalue weighted by molar-refractivity contribution is 0.0728. The molecule has 4 aromatic rings. The minimum atomic E-state index is -0.0147. The van der Waals surface area contributed by atoms with E-state index in [0.29, 0.717) is 31.0 Å². The molecular weight excluding hydrogens is 342 g/mol. The first-order valence-corrected chi connectivity index (χ1v) is 8.78. The number of pyridine rings is 1. The number of nitrogens with zero attached hydrogens (tertiary/aromatic N) is 5. The van der Waals surface area contributed by atoms with Crippen molar-refractivity contribution in [2.75, 3.05) is 6.54 Å². The average molecular weight is 359 g/mol. The summed E-state index contributed by atoms with van der Waals surface area (Å²) in [6.07, 6.45) is 5.84. The number of carbonyl (C=O) groups excluding carboxylic acids is 1. The summed E-state index contributed by atoms with van der Waals surface area (Å²) >= 11 is 0. The van der Waals surface area contributed by atoms with Crippen LogP contribution >= 0.6 is 0 Å². The molecule has 0 saturated heterocycles. The van der Waals surface area contributed by atoms with Crippen LogP contribution in [0.3, 0.4) is 0 Å². The fraction of sp³-hybridized carbons (Fsp3) is 0.200. The number of benzene rings is 1. The van der Waals surface area contributed by atoms with E-state index in [1.807, 2.05) is 46.8 Å². The molecule has 5 rings (SSSR count). The Kier molecular flexibility index (Phi) is 3.53. The number of hydrogen-bond donors (Lipinski definition) is 0. The second-order valence-corrected chi connectivity index (χ2v) is 6.67. The molecule has 27 heavy (non-hydrogen) atoms. The average Bonchev–Trinajstić information content (AvgIpc) is 3.31. The van der Waals surface area contributed by atoms with Gasteiger partial charge in [0.1, 0.15) is 11.5 Å². The highest BCUT2D eigenvalue weighted by Gasteiger charge is 2.26. The lowest BCUT2D eigenvalue weighted by atomic mass is 10.1. The van der Waals surface area contributed by atoms with E-state index in [-0.39, 0.29) is 5.91 Å². The zero-order chi connectivity index (χ0) is 18.4. The largest absolute Gasteiger partial charge is 0.441 e. The maximum absolute atomic E-state index is 13.0. The third kappa shape index (κ3) is 2.68. The van der Waals surface area contributed by atoms with Crippen LogP contribution in [0.25, 0.3) is 22.5 Å². The molecule has 0 saturated carbocycles. The van der Waals surface area contributed by atoms with Gasteiger partial charge in [-0.3, -0.25) is 9.78 Å². The van der Waals surface area contributed by atoms with Gasteiger partial charge in [0.2, 0.25) is 5.89 Å². The van der Waals surface area contributed by atoms with Gasteiger partial charge in [0.05, 0.1) is 29.5 Å². The van der Waals surface area contributed by atoms with Crippen LogP contribution in [0.1, 0.15) is 21.8 Å². The molecule has 134 valence electrons. The van der Waals surface area contributed by atoms with Gasteiger partial charge in [-0.2, -0.15) is 0 Å². The molecule has 0 fully saturated rings. The van der Waals surface area contributed by atoms with Crippen LogP contribution in [0.15, 0.2) is 53.5 Å². The summed E-state index contributed by atoms with van der Waals surface area (Å²) in [4.78, 5) is 27.8. The van der Waals surface area contributed by atoms with Gasteiger partial charge in [-0.05, 0) is 30.3 Å². The number of rotatable bonds is 2. The third-order valence-electron chi connectivity index (χ3n) is 4.90. The Bertz CT molecular complexity index is 1150. The molecule has 0 aliphatic carbocycles. The van der Waals surface area contributed by atoms with Gasteiger partial charge in [0, 0.05) is 38.0 Å². The van der Waals surface area contributed by atoms with Gasteiger partial charge < -0.3 is 13.9 Å². The van der Waals surface area contributed by atoms with Crippen molar-refractivity contribution >= 4 is 16.9 Å². The van der Waals surface area contributed by atoms with Gasteiger partial charge in [-0.15, -0.1) is 0 Å². The highest BCUT2D eigenvalue weighted by molar-refractivity contribution is 5.97. The lowest BCUT2D eigenvalue weighted by Crippen LogP contribution is -2.35. The minimum absolute atomic E-state index is 0.0147. The van der Waals surface area contributed by atoms with E-state index in [9.17, 15) is 4.79 Å². The first kappa shape index (κ1) is 15.7. The molecule has 1 amide bonds. The monoisotopic (exact) mass is 359 g/mol. The van der Waals surface area contributed by atoms with Gasteiger partial charge >= 0.3 is 0 Å². The van der Waals surface area contributed by atoms with Crippen LogP contribution in [-0.4, -0.2) is 36.9 Å². The number of hydrogen-bond acceptors (Lipinski definition) is 5. The number of imidazole rings is 1. The van der Waals surface area contributed by atoms with Gasteiger partial charge in [0.15, 0.2) is 0 Å². The van der Waals surface area contributed by atoms with Crippen LogP contribution in [0.2, 0.25) is 0 Å². The van der Waals surface area contributed by atoms with E-state index in [4.69, 9.17) is 4.42 Å². The Morgan fingerprint density at radius 1 is 1.26 bits per heavy atom. The number of oxazole rings is 1. The van der Waals surface area contributed by atoms with E-state index in [0.717, 1.165) is 28.1 Å². The number of aryl methyl sites for hydroxylation is 1. The van der Waals surface area contributed by atoms with E-state index >= 15 is 0 Å². The van der Waals surface area contributed by atoms with Crippen molar-refractivity contribution in [2.24, 2.45) is 7.05 Å². The predicted octanol–water partition coefficient (Wildman–Crippen LogP) is 2.82. The second-order valence-electron chi connectivity index (χ2n) is 6.67. The Balaban J connectivity index is 1.41. The SMILES string of the molecule is Cn1cnc2cc(C(=O)N3CCc4oc(-c5cccnc5)nc4C3)ccc21. The van der Waals surface area contributed by atoms with Crippen LogP contribution in [0.5, 0.6) is 0 Å². The van der Waals surface area contributed by atoms with Crippen molar-refractivity contribution in [3.8, 4) is 11.5 Å². The van der Waals surface area contributed by atoms with Gasteiger partial charge in [-0.25, -0.2) is 9.97 Å². The van der Waals surface area contributed by atoms with Gasteiger partial charge in [0.25, 0.3) is 5.91 Å². The molecule has 1 aliphatic rings. The summed E-state index contributed by atoms with van der Waals surface area (Å²) in [5.41, 5.74) is 4.12. The summed E-state index contributed by atoms with van der Waals surface area (Å²) in [7, 11) is 1.94. The first-order valence-electron chi connectivity index (χ1n) is 8.78. The lowest BCUT2D eigenvalue weighted by Gasteiger charge is -2.25. The maximum Gasteiger partial charge on any atom is 0.254 e. The zero-order valence-corrected chi connectivity index (χ0v) is 14.8. The standard InChI is InChI=1S/C20H17N5O2/c1-24-12-22-15-9-13(4-5-17(15)24)20(26)25-8-6-18-16(11-25)23-19(27-18)14-3-2-7-21-10-14/h2-5,7,9-10,12H,6,8,11H2,1H3. The normalized spacial score (nSPS) is 13.7. The molecule has 0 bridgehead atoms. The van der Waals surface area contributed by atoms with Crippen molar-refractivity contribution in [3.05, 3.63) is 66.1 Å². The second kappa shape index (κ2) is 6.05. The quantitative estimate of drug-likeness (QED) is 0.550. The molecule has 1 aromatic carbocycles. The summed E-state index contributed by atoms with van der Waals surface area (Å²) in [5.74, 6) is 1.38. The van der Waals surface area contributed by atoms with E-state index in [1.165, 1.54) is 0 Å². The smallest absolute Gasteiger partial charge is 0.254 e. The molecule has 0 radical (unpaired) electrons. The molecular formula is C20H17N5O2. The predicted molar refractivity (Wildman–Crippen MR) is 98.9 cm³/mol. The highest BCUT2D eigenvalue weighted by atomic mass is 16.4. The number of aromatic nitrogens is 4. The molecule has 3 aromatic heterocycles. The Morgan fingerprint density at radius 3 is 3.04 bits per heavy atom. The topological polar surface area (TPSA) is 77.0 Å². The fourth-order valence-electron chi connectivity index (χ4n) is 3.44. The summed E-state index contributed by atoms with van der Waals surface area (Å²) in [5, 5.41) is 0. The van der Waals surface area contributed by atoms with Gasteiger partial charge in [-0.1, -0.05) is 0 Å². The van der Waals surface area contributed by atoms with E-state index in [1.54, 1.807) is 18.7 Å².